The first-order chi connectivity index (χ1) is 16.0. The number of halogens is 2. The smallest absolute Gasteiger partial charge is 0.484 e. The van der Waals surface area contributed by atoms with Crippen molar-refractivity contribution < 1.29 is 22.6 Å². The minimum Gasteiger partial charge on any atom is -0.484 e. The molecule has 0 radical (unpaired) electrons. The fourth-order valence-electron chi connectivity index (χ4n) is 3.96. The molecule has 0 bridgehead atoms. The van der Waals surface area contributed by atoms with Crippen molar-refractivity contribution in [1.29, 1.82) is 0 Å². The second-order valence-electron chi connectivity index (χ2n) is 7.54. The molecule has 1 aromatic carbocycles. The number of benzene rings is 1. The molecule has 1 amide bonds. The average Bonchev–Trinajstić information content (AvgIpc) is 3.56. The maximum Gasteiger partial charge on any atom is 0.737 e. The maximum atomic E-state index is 15.8. The number of aromatic nitrogens is 1. The van der Waals surface area contributed by atoms with Gasteiger partial charge in [0.1, 0.15) is 5.75 Å². The van der Waals surface area contributed by atoms with Crippen LogP contribution in [0, 0.1) is 0 Å². The average molecular weight is 464 g/mol. The number of fused-ring (bicyclic) bond motifs is 2. The first-order valence-corrected chi connectivity index (χ1v) is 11.1. The Bertz CT molecular complexity index is 1340. The van der Waals surface area contributed by atoms with Crippen LogP contribution >= 0.6 is 11.3 Å². The molecule has 166 valence electrons. The van der Waals surface area contributed by atoms with Crippen LogP contribution in [0.4, 0.5) is 8.63 Å². The molecule has 5 rings (SSSR count). The number of allylic oxidation sites excluding steroid dienone is 2. The van der Waals surface area contributed by atoms with Gasteiger partial charge in [0.2, 0.25) is 0 Å². The van der Waals surface area contributed by atoms with Gasteiger partial charge in [0.15, 0.2) is 18.0 Å². The molecule has 2 aliphatic heterocycles. The van der Waals surface area contributed by atoms with Crippen LogP contribution in [0.15, 0.2) is 71.8 Å². The molecule has 0 saturated carbocycles. The number of ether oxygens (including phenoxy) is 1. The van der Waals surface area contributed by atoms with E-state index in [2.05, 4.69) is 0 Å². The lowest BCUT2D eigenvalue weighted by Crippen LogP contribution is -2.50. The van der Waals surface area contributed by atoms with Gasteiger partial charge >= 0.3 is 6.97 Å². The summed E-state index contributed by atoms with van der Waals surface area (Å²) < 4.78 is 39.2. The number of carbonyl (C=O) groups excluding carboxylic acids is 1. The molecule has 2 aliphatic rings. The summed E-state index contributed by atoms with van der Waals surface area (Å²) in [5.74, 6) is 5.08. The lowest BCUT2D eigenvalue weighted by atomic mass is 9.90. The molecule has 2 aromatic heterocycles. The van der Waals surface area contributed by atoms with E-state index in [0.717, 1.165) is 19.4 Å². The highest BCUT2D eigenvalue weighted by atomic mass is 32.1. The molecular formula is C23H19BF2N4O2S. The van der Waals surface area contributed by atoms with E-state index < -0.39 is 12.9 Å². The van der Waals surface area contributed by atoms with Crippen molar-refractivity contribution >= 4 is 48.2 Å². The third-order valence-corrected chi connectivity index (χ3v) is 6.37. The molecule has 0 aliphatic carbocycles. The SMILES string of the molecule is NNC(=O)COc1ccc(/C=C/c2ccc3n2[B-](F)(F)[N+]2=C(c4cccs4)C=CC2=C3)cc1. The van der Waals surface area contributed by atoms with E-state index in [-0.39, 0.29) is 6.61 Å². The molecule has 10 heteroatoms. The molecule has 0 saturated heterocycles. The van der Waals surface area contributed by atoms with E-state index in [9.17, 15) is 4.79 Å². The Kier molecular flexibility index (Phi) is 5.31. The Morgan fingerprint density at radius 3 is 2.70 bits per heavy atom. The van der Waals surface area contributed by atoms with E-state index in [1.807, 2.05) is 22.9 Å². The predicted molar refractivity (Wildman–Crippen MR) is 127 cm³/mol. The van der Waals surface area contributed by atoms with Gasteiger partial charge in [-0.1, -0.05) is 24.3 Å². The third kappa shape index (κ3) is 3.83. The minimum absolute atomic E-state index is 0.190. The van der Waals surface area contributed by atoms with E-state index >= 15 is 8.63 Å². The van der Waals surface area contributed by atoms with E-state index in [1.165, 1.54) is 11.3 Å². The Balaban J connectivity index is 1.42. The molecule has 0 atom stereocenters. The van der Waals surface area contributed by atoms with Crippen LogP contribution in [0.3, 0.4) is 0 Å². The van der Waals surface area contributed by atoms with Gasteiger partial charge in [-0.05, 0) is 47.4 Å². The lowest BCUT2D eigenvalue weighted by molar-refractivity contribution is -0.360. The van der Waals surface area contributed by atoms with Crippen LogP contribution in [-0.2, 0) is 4.79 Å². The minimum atomic E-state index is -4.07. The largest absolute Gasteiger partial charge is 0.737 e. The number of hydrazine groups is 1. The molecule has 6 nitrogen and oxygen atoms in total. The second-order valence-corrected chi connectivity index (χ2v) is 8.48. The molecule has 0 unspecified atom stereocenters. The zero-order valence-corrected chi connectivity index (χ0v) is 18.1. The zero-order chi connectivity index (χ0) is 23.0. The molecule has 3 N–H and O–H groups in total. The van der Waals surface area contributed by atoms with Crippen LogP contribution in [-0.4, -0.2) is 34.2 Å². The standard InChI is InChI=1S/C23H19BF2N4O2S/c25-24(26)29-17(6-3-16-4-10-20(11-5-16)32-15-23(31)28-27)7-8-18(29)14-19-9-12-21(30(19)24)22-2-1-13-33-22/h1-14H,15,27H2,(H,28,31)/b6-3+. The quantitative estimate of drug-likeness (QED) is 0.253. The number of rotatable bonds is 6. The molecular weight excluding hydrogens is 445 g/mol. The van der Waals surface area contributed by atoms with Crippen molar-refractivity contribution in [3.63, 3.8) is 0 Å². The van der Waals surface area contributed by atoms with Gasteiger partial charge < -0.3 is 22.3 Å². The Labute approximate surface area is 192 Å². The van der Waals surface area contributed by atoms with E-state index in [0.29, 0.717) is 28.5 Å². The van der Waals surface area contributed by atoms with Gasteiger partial charge in [-0.3, -0.25) is 10.2 Å². The molecule has 0 spiro atoms. The van der Waals surface area contributed by atoms with Crippen LogP contribution in [0.2, 0.25) is 0 Å². The number of nitrogens with zero attached hydrogens (tertiary/aromatic N) is 2. The summed E-state index contributed by atoms with van der Waals surface area (Å²) in [6.45, 7) is -4.26. The van der Waals surface area contributed by atoms with Crippen LogP contribution < -0.4 is 16.0 Å². The van der Waals surface area contributed by atoms with Crippen molar-refractivity contribution in [2.75, 3.05) is 6.61 Å². The predicted octanol–water partition coefficient (Wildman–Crippen LogP) is 3.74. The number of amides is 1. The monoisotopic (exact) mass is 464 g/mol. The Morgan fingerprint density at radius 2 is 1.97 bits per heavy atom. The highest BCUT2D eigenvalue weighted by Gasteiger charge is 2.52. The van der Waals surface area contributed by atoms with Crippen molar-refractivity contribution in [2.45, 2.75) is 0 Å². The second kappa shape index (κ2) is 8.30. The highest BCUT2D eigenvalue weighted by molar-refractivity contribution is 7.12. The fourth-order valence-corrected chi connectivity index (χ4v) is 4.71. The first kappa shape index (κ1) is 21.1. The van der Waals surface area contributed by atoms with Gasteiger partial charge in [-0.15, -0.1) is 11.3 Å². The normalized spacial score (nSPS) is 16.0. The number of hydrogen-bond acceptors (Lipinski definition) is 4. The Morgan fingerprint density at radius 1 is 1.15 bits per heavy atom. The van der Waals surface area contributed by atoms with Gasteiger partial charge in [0.05, 0.1) is 4.88 Å². The number of thiophene rings is 1. The van der Waals surface area contributed by atoms with Gasteiger partial charge in [-0.25, -0.2) is 5.84 Å². The summed E-state index contributed by atoms with van der Waals surface area (Å²) in [6, 6.07) is 14.1. The van der Waals surface area contributed by atoms with Gasteiger partial charge in [0, 0.05) is 29.6 Å². The summed E-state index contributed by atoms with van der Waals surface area (Å²) in [5.41, 5.74) is 4.66. The number of hydrogen-bond donors (Lipinski definition) is 2. The van der Waals surface area contributed by atoms with Gasteiger partial charge in [0.25, 0.3) is 5.91 Å². The maximum absolute atomic E-state index is 15.8. The number of nitrogens with two attached hydrogens (primary N) is 1. The summed E-state index contributed by atoms with van der Waals surface area (Å²) in [7, 11) is 0. The molecule has 0 fully saturated rings. The van der Waals surface area contributed by atoms with Gasteiger partial charge in [-0.2, -0.15) is 0 Å². The summed E-state index contributed by atoms with van der Waals surface area (Å²) in [5, 5.41) is 1.88. The Hall–Kier alpha value is -3.76. The first-order valence-electron chi connectivity index (χ1n) is 10.2. The van der Waals surface area contributed by atoms with E-state index in [1.54, 1.807) is 66.8 Å². The molecule has 3 aromatic rings. The topological polar surface area (TPSA) is 72.3 Å². The number of carbonyl (C=O) groups is 1. The summed E-state index contributed by atoms with van der Waals surface area (Å²) >= 11 is 1.44. The third-order valence-electron chi connectivity index (χ3n) is 5.48. The lowest BCUT2D eigenvalue weighted by Gasteiger charge is -2.30. The zero-order valence-electron chi connectivity index (χ0n) is 17.3. The van der Waals surface area contributed by atoms with Crippen LogP contribution in [0.1, 0.15) is 21.8 Å². The van der Waals surface area contributed by atoms with Crippen LogP contribution in [0.25, 0.3) is 18.2 Å². The molecule has 33 heavy (non-hydrogen) atoms. The van der Waals surface area contributed by atoms with E-state index in [4.69, 9.17) is 10.6 Å². The fraction of sp³-hybridized carbons (Fsp3) is 0.0435. The summed E-state index contributed by atoms with van der Waals surface area (Å²) in [4.78, 5) is 12.0. The van der Waals surface area contributed by atoms with Crippen molar-refractivity contribution in [2.24, 2.45) is 5.84 Å². The molecule has 4 heterocycles. The van der Waals surface area contributed by atoms with Crippen molar-refractivity contribution in [3.05, 3.63) is 93.6 Å². The summed E-state index contributed by atoms with van der Waals surface area (Å²) in [6.07, 6.45) is 8.69. The van der Waals surface area contributed by atoms with Crippen molar-refractivity contribution in [3.8, 4) is 5.75 Å². The van der Waals surface area contributed by atoms with Crippen LogP contribution in [0.5, 0.6) is 5.75 Å². The number of nitrogens with one attached hydrogen (secondary N) is 1. The van der Waals surface area contributed by atoms with Crippen molar-refractivity contribution in [1.82, 2.24) is 9.90 Å². The highest BCUT2D eigenvalue weighted by Crippen LogP contribution is 2.34.